The summed E-state index contributed by atoms with van der Waals surface area (Å²) in [6, 6.07) is 17.0. The first-order chi connectivity index (χ1) is 14.1. The van der Waals surface area contributed by atoms with Crippen molar-refractivity contribution < 1.29 is 19.1 Å². The number of nitrogens with zero attached hydrogens (tertiary/aromatic N) is 2. The molecule has 2 aliphatic heterocycles. The number of ether oxygens (including phenoxy) is 2. The molecule has 2 heterocycles. The molecule has 152 valence electrons. The van der Waals surface area contributed by atoms with E-state index in [0.717, 1.165) is 37.2 Å². The quantitative estimate of drug-likeness (QED) is 0.701. The molecule has 0 saturated carbocycles. The van der Waals surface area contributed by atoms with Crippen LogP contribution in [0.5, 0.6) is 5.75 Å². The first kappa shape index (κ1) is 19.5. The summed E-state index contributed by atoms with van der Waals surface area (Å²) < 4.78 is 10.8. The van der Waals surface area contributed by atoms with Crippen molar-refractivity contribution >= 4 is 17.6 Å². The predicted octanol–water partition coefficient (Wildman–Crippen LogP) is 3.62. The van der Waals surface area contributed by atoms with E-state index in [9.17, 15) is 9.59 Å². The SMILES string of the molecule is COc1cccc(N2CC(CN3CCC(C(=O)c4ccccc4)CC3)OC2=O)c1. The van der Waals surface area contributed by atoms with E-state index in [1.165, 1.54) is 0 Å². The third-order valence-corrected chi connectivity index (χ3v) is 5.72. The number of carbonyl (C=O) groups excluding carboxylic acids is 2. The Morgan fingerprint density at radius 3 is 2.59 bits per heavy atom. The van der Waals surface area contributed by atoms with Crippen LogP contribution < -0.4 is 9.64 Å². The Bertz CT molecular complexity index is 862. The maximum Gasteiger partial charge on any atom is 0.414 e. The summed E-state index contributed by atoms with van der Waals surface area (Å²) in [7, 11) is 1.61. The Labute approximate surface area is 171 Å². The van der Waals surface area contributed by atoms with Crippen LogP contribution >= 0.6 is 0 Å². The summed E-state index contributed by atoms with van der Waals surface area (Å²) >= 11 is 0. The average molecular weight is 394 g/mol. The molecule has 0 aromatic heterocycles. The number of piperidine rings is 1. The number of methoxy groups -OCH3 is 1. The molecule has 1 atom stereocenters. The zero-order chi connectivity index (χ0) is 20.2. The van der Waals surface area contributed by atoms with Gasteiger partial charge in [0.15, 0.2) is 5.78 Å². The highest BCUT2D eigenvalue weighted by Crippen LogP contribution is 2.27. The van der Waals surface area contributed by atoms with Gasteiger partial charge in [0.2, 0.25) is 0 Å². The standard InChI is InChI=1S/C23H26N2O4/c1-28-20-9-5-8-19(14-20)25-16-21(29-23(25)27)15-24-12-10-18(11-13-24)22(26)17-6-3-2-4-7-17/h2-9,14,18,21H,10-13,15-16H2,1H3. The van der Waals surface area contributed by atoms with Crippen molar-refractivity contribution in [3.8, 4) is 5.75 Å². The number of carbonyl (C=O) groups is 2. The third-order valence-electron chi connectivity index (χ3n) is 5.72. The maximum absolute atomic E-state index is 12.6. The van der Waals surface area contributed by atoms with Gasteiger partial charge in [0.1, 0.15) is 11.9 Å². The van der Waals surface area contributed by atoms with Crippen LogP contribution in [0.4, 0.5) is 10.5 Å². The van der Waals surface area contributed by atoms with Gasteiger partial charge in [-0.1, -0.05) is 36.4 Å². The van der Waals surface area contributed by atoms with E-state index in [4.69, 9.17) is 9.47 Å². The Hall–Kier alpha value is -2.86. The lowest BCUT2D eigenvalue weighted by atomic mass is 9.89. The lowest BCUT2D eigenvalue weighted by molar-refractivity contribution is 0.0750. The van der Waals surface area contributed by atoms with Gasteiger partial charge in [-0.25, -0.2) is 4.79 Å². The fourth-order valence-electron chi connectivity index (χ4n) is 4.11. The largest absolute Gasteiger partial charge is 0.497 e. The molecule has 2 aromatic carbocycles. The Kier molecular flexibility index (Phi) is 5.81. The van der Waals surface area contributed by atoms with E-state index in [0.29, 0.717) is 18.8 Å². The first-order valence-corrected chi connectivity index (χ1v) is 10.1. The van der Waals surface area contributed by atoms with E-state index in [1.807, 2.05) is 54.6 Å². The van der Waals surface area contributed by atoms with Crippen molar-refractivity contribution in [2.45, 2.75) is 18.9 Å². The molecule has 1 amide bonds. The molecule has 0 N–H and O–H groups in total. The predicted molar refractivity (Wildman–Crippen MR) is 111 cm³/mol. The minimum atomic E-state index is -0.322. The number of amides is 1. The Morgan fingerprint density at radius 1 is 1.10 bits per heavy atom. The molecular weight excluding hydrogens is 368 g/mol. The highest BCUT2D eigenvalue weighted by molar-refractivity contribution is 5.97. The average Bonchev–Trinajstić information content (AvgIpc) is 3.14. The van der Waals surface area contributed by atoms with Gasteiger partial charge in [0.05, 0.1) is 19.3 Å². The molecule has 0 spiro atoms. The van der Waals surface area contributed by atoms with Crippen molar-refractivity contribution in [2.24, 2.45) is 5.92 Å². The monoisotopic (exact) mass is 394 g/mol. The van der Waals surface area contributed by atoms with E-state index < -0.39 is 0 Å². The Morgan fingerprint density at radius 2 is 1.86 bits per heavy atom. The number of cyclic esters (lactones) is 1. The zero-order valence-corrected chi connectivity index (χ0v) is 16.6. The number of benzene rings is 2. The second-order valence-electron chi connectivity index (χ2n) is 7.62. The summed E-state index contributed by atoms with van der Waals surface area (Å²) in [6.45, 7) is 2.90. The fourth-order valence-corrected chi connectivity index (χ4v) is 4.11. The van der Waals surface area contributed by atoms with Crippen LogP contribution in [0.15, 0.2) is 54.6 Å². The van der Waals surface area contributed by atoms with Crippen molar-refractivity contribution in [3.05, 3.63) is 60.2 Å². The van der Waals surface area contributed by atoms with E-state index in [2.05, 4.69) is 4.90 Å². The molecule has 0 bridgehead atoms. The van der Waals surface area contributed by atoms with Crippen LogP contribution in [-0.4, -0.2) is 56.2 Å². The number of ketones is 1. The summed E-state index contributed by atoms with van der Waals surface area (Å²) in [5.41, 5.74) is 1.58. The fraction of sp³-hybridized carbons (Fsp3) is 0.391. The van der Waals surface area contributed by atoms with Crippen molar-refractivity contribution in [1.82, 2.24) is 4.90 Å². The number of anilines is 1. The summed E-state index contributed by atoms with van der Waals surface area (Å²) in [5.74, 6) is 1.03. The van der Waals surface area contributed by atoms with Gasteiger partial charge in [-0.2, -0.15) is 0 Å². The second-order valence-corrected chi connectivity index (χ2v) is 7.62. The van der Waals surface area contributed by atoms with Crippen LogP contribution in [0, 0.1) is 5.92 Å². The molecule has 2 saturated heterocycles. The van der Waals surface area contributed by atoms with E-state index >= 15 is 0 Å². The summed E-state index contributed by atoms with van der Waals surface area (Å²) in [5, 5.41) is 0. The van der Waals surface area contributed by atoms with Gasteiger partial charge < -0.3 is 9.47 Å². The van der Waals surface area contributed by atoms with Crippen LogP contribution in [0.25, 0.3) is 0 Å². The number of hydrogen-bond acceptors (Lipinski definition) is 5. The summed E-state index contributed by atoms with van der Waals surface area (Å²) in [6.07, 6.45) is 1.19. The second kappa shape index (κ2) is 8.66. The van der Waals surface area contributed by atoms with Gasteiger partial charge in [0, 0.05) is 24.1 Å². The lowest BCUT2D eigenvalue weighted by Gasteiger charge is -2.32. The van der Waals surface area contributed by atoms with Crippen LogP contribution in [0.1, 0.15) is 23.2 Å². The minimum Gasteiger partial charge on any atom is -0.497 e. The van der Waals surface area contributed by atoms with Crippen LogP contribution in [-0.2, 0) is 4.74 Å². The number of hydrogen-bond donors (Lipinski definition) is 0. The van der Waals surface area contributed by atoms with Crippen LogP contribution in [0.3, 0.4) is 0 Å². The molecule has 2 aromatic rings. The molecule has 29 heavy (non-hydrogen) atoms. The van der Waals surface area contributed by atoms with Crippen molar-refractivity contribution in [2.75, 3.05) is 38.2 Å². The topological polar surface area (TPSA) is 59.1 Å². The molecule has 0 radical (unpaired) electrons. The highest BCUT2D eigenvalue weighted by atomic mass is 16.6. The number of rotatable bonds is 6. The number of Topliss-reactive ketones (excluding diaryl/α,β-unsaturated/α-hetero) is 1. The molecule has 2 aliphatic rings. The van der Waals surface area contributed by atoms with Crippen LogP contribution in [0.2, 0.25) is 0 Å². The van der Waals surface area contributed by atoms with E-state index in [1.54, 1.807) is 12.0 Å². The minimum absolute atomic E-state index is 0.0769. The molecule has 2 fully saturated rings. The summed E-state index contributed by atoms with van der Waals surface area (Å²) in [4.78, 5) is 28.9. The van der Waals surface area contributed by atoms with Gasteiger partial charge in [-0.15, -0.1) is 0 Å². The molecule has 6 heteroatoms. The van der Waals surface area contributed by atoms with Crippen molar-refractivity contribution in [3.63, 3.8) is 0 Å². The van der Waals surface area contributed by atoms with E-state index in [-0.39, 0.29) is 23.9 Å². The lowest BCUT2D eigenvalue weighted by Crippen LogP contribution is -2.41. The van der Waals surface area contributed by atoms with Crippen molar-refractivity contribution in [1.29, 1.82) is 0 Å². The van der Waals surface area contributed by atoms with Gasteiger partial charge >= 0.3 is 6.09 Å². The smallest absolute Gasteiger partial charge is 0.414 e. The molecule has 6 nitrogen and oxygen atoms in total. The van der Waals surface area contributed by atoms with Gasteiger partial charge in [-0.05, 0) is 38.1 Å². The molecule has 1 unspecified atom stereocenters. The van der Waals surface area contributed by atoms with Gasteiger partial charge in [0.25, 0.3) is 0 Å². The van der Waals surface area contributed by atoms with Gasteiger partial charge in [-0.3, -0.25) is 14.6 Å². The Balaban J connectivity index is 1.30. The maximum atomic E-state index is 12.6. The number of likely N-dealkylation sites (tertiary alicyclic amines) is 1. The molecule has 0 aliphatic carbocycles. The normalized spacial score (nSPS) is 20.5. The molecule has 4 rings (SSSR count). The molecular formula is C23H26N2O4. The first-order valence-electron chi connectivity index (χ1n) is 10.1. The third kappa shape index (κ3) is 4.43. The highest BCUT2D eigenvalue weighted by Gasteiger charge is 2.35. The zero-order valence-electron chi connectivity index (χ0n) is 16.6.